The van der Waals surface area contributed by atoms with E-state index in [-0.39, 0.29) is 18.6 Å². The van der Waals surface area contributed by atoms with Gasteiger partial charge in [-0.1, -0.05) is 24.3 Å². The van der Waals surface area contributed by atoms with Crippen LogP contribution in [0.25, 0.3) is 0 Å². The number of benzene rings is 1. The minimum absolute atomic E-state index is 0.103. The molecule has 1 aromatic rings. The van der Waals surface area contributed by atoms with Gasteiger partial charge >= 0.3 is 0 Å². The largest absolute Gasteiger partial charge is 0.376 e. The summed E-state index contributed by atoms with van der Waals surface area (Å²) >= 11 is 0. The van der Waals surface area contributed by atoms with Crippen molar-refractivity contribution in [2.75, 3.05) is 46.5 Å². The molecule has 1 aliphatic carbocycles. The quantitative estimate of drug-likeness (QED) is 0.722. The number of likely N-dealkylation sites (tertiary alicyclic amines) is 1. The van der Waals surface area contributed by atoms with Gasteiger partial charge in [-0.25, -0.2) is 0 Å². The van der Waals surface area contributed by atoms with E-state index >= 15 is 0 Å². The minimum Gasteiger partial charge on any atom is -0.376 e. The SMILES string of the molecule is COCC(=O)N(CC1CCN(C2Cc3ccccc3C2)CC1)CC1CCCO1. The third kappa shape index (κ3) is 4.76. The van der Waals surface area contributed by atoms with Gasteiger partial charge in [-0.15, -0.1) is 0 Å². The Morgan fingerprint density at radius 2 is 1.86 bits per heavy atom. The number of rotatable bonds is 7. The topological polar surface area (TPSA) is 42.0 Å². The molecule has 1 unspecified atom stereocenters. The van der Waals surface area contributed by atoms with Crippen molar-refractivity contribution in [1.29, 1.82) is 0 Å². The molecule has 4 rings (SSSR count). The Balaban J connectivity index is 1.28. The second-order valence-corrected chi connectivity index (χ2v) is 8.68. The van der Waals surface area contributed by atoms with Gasteiger partial charge in [0, 0.05) is 32.8 Å². The second-order valence-electron chi connectivity index (χ2n) is 8.68. The first-order chi connectivity index (χ1) is 13.7. The second kappa shape index (κ2) is 9.38. The van der Waals surface area contributed by atoms with E-state index in [1.165, 1.54) is 36.8 Å². The van der Waals surface area contributed by atoms with Crippen LogP contribution in [0.3, 0.4) is 0 Å². The van der Waals surface area contributed by atoms with Gasteiger partial charge in [0.1, 0.15) is 6.61 Å². The van der Waals surface area contributed by atoms with Crippen LogP contribution in [-0.2, 0) is 27.1 Å². The summed E-state index contributed by atoms with van der Waals surface area (Å²) in [6.07, 6.45) is 7.12. The van der Waals surface area contributed by atoms with Crippen LogP contribution < -0.4 is 0 Å². The van der Waals surface area contributed by atoms with E-state index in [1.807, 2.05) is 4.90 Å². The number of carbonyl (C=O) groups is 1. The van der Waals surface area contributed by atoms with Crippen LogP contribution in [0.4, 0.5) is 0 Å². The van der Waals surface area contributed by atoms with Gasteiger partial charge < -0.3 is 14.4 Å². The molecule has 1 amide bonds. The lowest BCUT2D eigenvalue weighted by Crippen LogP contribution is -2.47. The summed E-state index contributed by atoms with van der Waals surface area (Å²) in [5, 5.41) is 0. The zero-order valence-electron chi connectivity index (χ0n) is 17.1. The zero-order chi connectivity index (χ0) is 19.3. The number of fused-ring (bicyclic) bond motifs is 1. The Labute approximate surface area is 169 Å². The van der Waals surface area contributed by atoms with Crippen molar-refractivity contribution in [3.05, 3.63) is 35.4 Å². The van der Waals surface area contributed by atoms with Gasteiger partial charge in [-0.05, 0) is 68.7 Å². The molecule has 5 heteroatoms. The molecule has 2 aliphatic heterocycles. The molecule has 0 radical (unpaired) electrons. The molecule has 1 aromatic carbocycles. The first-order valence-corrected chi connectivity index (χ1v) is 10.9. The molecule has 1 atom stereocenters. The molecule has 5 nitrogen and oxygen atoms in total. The third-order valence-electron chi connectivity index (χ3n) is 6.74. The zero-order valence-corrected chi connectivity index (χ0v) is 17.1. The molecule has 2 fully saturated rings. The molecule has 0 spiro atoms. The predicted molar refractivity (Wildman–Crippen MR) is 109 cm³/mol. The van der Waals surface area contributed by atoms with Crippen LogP contribution in [0.15, 0.2) is 24.3 Å². The van der Waals surface area contributed by atoms with E-state index in [0.29, 0.717) is 12.0 Å². The van der Waals surface area contributed by atoms with Crippen LogP contribution in [0.1, 0.15) is 36.8 Å². The number of piperidine rings is 1. The lowest BCUT2D eigenvalue weighted by molar-refractivity contribution is -0.137. The standard InChI is InChI=1S/C23H34N2O3/c1-27-17-23(26)25(16-22-7-4-12-28-22)15-18-8-10-24(11-9-18)21-13-19-5-2-3-6-20(19)14-21/h2-3,5-6,18,21-22H,4,7-17H2,1H3. The maximum absolute atomic E-state index is 12.5. The summed E-state index contributed by atoms with van der Waals surface area (Å²) < 4.78 is 10.9. The van der Waals surface area contributed by atoms with Crippen LogP contribution in [0.5, 0.6) is 0 Å². The molecule has 0 saturated carbocycles. The highest BCUT2D eigenvalue weighted by molar-refractivity contribution is 5.77. The fourth-order valence-corrected chi connectivity index (χ4v) is 5.13. The normalized spacial score (nSPS) is 23.8. The van der Waals surface area contributed by atoms with E-state index in [2.05, 4.69) is 29.2 Å². The molecule has 2 heterocycles. The molecule has 154 valence electrons. The Hall–Kier alpha value is -1.43. The monoisotopic (exact) mass is 386 g/mol. The number of nitrogens with zero attached hydrogens (tertiary/aromatic N) is 2. The van der Waals surface area contributed by atoms with Crippen LogP contribution in [0, 0.1) is 5.92 Å². The highest BCUT2D eigenvalue weighted by Crippen LogP contribution is 2.29. The first kappa shape index (κ1) is 19.9. The number of hydrogen-bond acceptors (Lipinski definition) is 4. The van der Waals surface area contributed by atoms with Gasteiger partial charge in [0.25, 0.3) is 0 Å². The summed E-state index contributed by atoms with van der Waals surface area (Å²) in [7, 11) is 1.60. The highest BCUT2D eigenvalue weighted by Gasteiger charge is 2.31. The molecule has 0 aromatic heterocycles. The predicted octanol–water partition coefficient (Wildman–Crippen LogP) is 2.52. The number of amides is 1. The fraction of sp³-hybridized carbons (Fsp3) is 0.696. The van der Waals surface area contributed by atoms with Gasteiger partial charge in [-0.2, -0.15) is 0 Å². The summed E-state index contributed by atoms with van der Waals surface area (Å²) in [6, 6.07) is 9.55. The van der Waals surface area contributed by atoms with Crippen molar-refractivity contribution in [1.82, 2.24) is 9.80 Å². The molecular weight excluding hydrogens is 352 g/mol. The fourth-order valence-electron chi connectivity index (χ4n) is 5.13. The lowest BCUT2D eigenvalue weighted by atomic mass is 9.94. The number of methoxy groups -OCH3 is 1. The molecule has 0 bridgehead atoms. The summed E-state index contributed by atoms with van der Waals surface area (Å²) in [6.45, 7) is 4.87. The molecule has 0 N–H and O–H groups in total. The summed E-state index contributed by atoms with van der Waals surface area (Å²) in [4.78, 5) is 17.2. The molecular formula is C23H34N2O3. The van der Waals surface area contributed by atoms with Crippen molar-refractivity contribution in [3.8, 4) is 0 Å². The average molecular weight is 387 g/mol. The molecule has 3 aliphatic rings. The van der Waals surface area contributed by atoms with E-state index in [9.17, 15) is 4.79 Å². The summed E-state index contributed by atoms with van der Waals surface area (Å²) in [5.41, 5.74) is 3.06. The number of ether oxygens (including phenoxy) is 2. The maximum Gasteiger partial charge on any atom is 0.248 e. The maximum atomic E-state index is 12.5. The third-order valence-corrected chi connectivity index (χ3v) is 6.74. The Kier molecular flexibility index (Phi) is 6.65. The number of hydrogen-bond donors (Lipinski definition) is 0. The smallest absolute Gasteiger partial charge is 0.248 e. The highest BCUT2D eigenvalue weighted by atomic mass is 16.5. The van der Waals surface area contributed by atoms with Gasteiger partial charge in [0.15, 0.2) is 0 Å². The Morgan fingerprint density at radius 3 is 2.46 bits per heavy atom. The summed E-state index contributed by atoms with van der Waals surface area (Å²) in [5.74, 6) is 0.689. The van der Waals surface area contributed by atoms with Crippen LogP contribution in [-0.4, -0.2) is 74.4 Å². The van der Waals surface area contributed by atoms with E-state index in [0.717, 1.165) is 45.6 Å². The molecule has 2 saturated heterocycles. The van der Waals surface area contributed by atoms with Crippen LogP contribution >= 0.6 is 0 Å². The van der Waals surface area contributed by atoms with Gasteiger partial charge in [-0.3, -0.25) is 9.69 Å². The Bertz CT molecular complexity index is 626. The molecule has 28 heavy (non-hydrogen) atoms. The van der Waals surface area contributed by atoms with Crippen molar-refractivity contribution in [2.45, 2.75) is 50.7 Å². The van der Waals surface area contributed by atoms with E-state index < -0.39 is 0 Å². The van der Waals surface area contributed by atoms with Crippen molar-refractivity contribution in [2.24, 2.45) is 5.92 Å². The number of carbonyl (C=O) groups excluding carboxylic acids is 1. The lowest BCUT2D eigenvalue weighted by Gasteiger charge is -2.38. The van der Waals surface area contributed by atoms with Crippen molar-refractivity contribution >= 4 is 5.91 Å². The van der Waals surface area contributed by atoms with E-state index in [1.54, 1.807) is 7.11 Å². The minimum atomic E-state index is 0.103. The van der Waals surface area contributed by atoms with Crippen molar-refractivity contribution < 1.29 is 14.3 Å². The first-order valence-electron chi connectivity index (χ1n) is 10.9. The van der Waals surface area contributed by atoms with Gasteiger partial charge in [0.2, 0.25) is 5.91 Å². The van der Waals surface area contributed by atoms with Crippen LogP contribution in [0.2, 0.25) is 0 Å². The average Bonchev–Trinajstić information content (AvgIpc) is 3.37. The van der Waals surface area contributed by atoms with Gasteiger partial charge in [0.05, 0.1) is 6.10 Å². The Morgan fingerprint density at radius 1 is 1.14 bits per heavy atom. The van der Waals surface area contributed by atoms with Crippen molar-refractivity contribution in [3.63, 3.8) is 0 Å². The van der Waals surface area contributed by atoms with E-state index in [4.69, 9.17) is 9.47 Å².